The number of methoxy groups -OCH3 is 1. The SMILES string of the molecule is COC1C(=O)N(c2cccc(F)c2)C12CCN(C(=O)c1cccc3[nH]ccc13)CC2. The van der Waals surface area contributed by atoms with Crippen LogP contribution in [0.5, 0.6) is 0 Å². The molecule has 2 aromatic carbocycles. The van der Waals surface area contributed by atoms with Gasteiger partial charge >= 0.3 is 0 Å². The molecule has 1 atom stereocenters. The van der Waals surface area contributed by atoms with E-state index in [1.54, 1.807) is 17.0 Å². The number of anilines is 1. The maximum atomic E-state index is 13.8. The summed E-state index contributed by atoms with van der Waals surface area (Å²) in [7, 11) is 1.53. The molecule has 3 aromatic rings. The van der Waals surface area contributed by atoms with Crippen LogP contribution in [0.25, 0.3) is 10.9 Å². The number of ether oxygens (including phenoxy) is 1. The lowest BCUT2D eigenvalue weighted by Gasteiger charge is -2.59. The van der Waals surface area contributed by atoms with Crippen molar-refractivity contribution in [2.24, 2.45) is 0 Å². The first-order valence-electron chi connectivity index (χ1n) is 10.0. The molecule has 0 aliphatic carbocycles. The molecule has 1 N–H and O–H groups in total. The number of fused-ring (bicyclic) bond motifs is 1. The Kier molecular flexibility index (Phi) is 4.36. The van der Waals surface area contributed by atoms with Crippen LogP contribution in [0.3, 0.4) is 0 Å². The second-order valence-corrected chi connectivity index (χ2v) is 7.91. The molecule has 0 bridgehead atoms. The molecule has 1 aromatic heterocycles. The lowest BCUT2D eigenvalue weighted by Crippen LogP contribution is -2.78. The molecule has 7 heteroatoms. The molecule has 6 nitrogen and oxygen atoms in total. The number of carbonyl (C=O) groups is 2. The molecule has 5 rings (SSSR count). The van der Waals surface area contributed by atoms with E-state index >= 15 is 0 Å². The number of nitrogens with one attached hydrogen (secondary N) is 1. The molecule has 2 aliphatic heterocycles. The van der Waals surface area contributed by atoms with Crippen LogP contribution in [0, 0.1) is 5.82 Å². The third-order valence-corrected chi connectivity index (χ3v) is 6.42. The van der Waals surface area contributed by atoms with Crippen LogP contribution in [0.4, 0.5) is 10.1 Å². The zero-order chi connectivity index (χ0) is 20.9. The Balaban J connectivity index is 1.40. The van der Waals surface area contributed by atoms with E-state index in [0.717, 1.165) is 10.9 Å². The molecule has 3 heterocycles. The quantitative estimate of drug-likeness (QED) is 0.678. The summed E-state index contributed by atoms with van der Waals surface area (Å²) >= 11 is 0. The highest BCUT2D eigenvalue weighted by Crippen LogP contribution is 2.46. The summed E-state index contributed by atoms with van der Waals surface area (Å²) in [5.74, 6) is -0.574. The molecule has 2 amide bonds. The number of amides is 2. The normalized spacial score (nSPS) is 20.6. The van der Waals surface area contributed by atoms with Crippen molar-refractivity contribution in [3.8, 4) is 0 Å². The molecule has 0 saturated carbocycles. The summed E-state index contributed by atoms with van der Waals surface area (Å²) in [6.07, 6.45) is 2.39. The maximum absolute atomic E-state index is 13.8. The Bertz CT molecular complexity index is 1130. The summed E-state index contributed by atoms with van der Waals surface area (Å²) < 4.78 is 19.3. The monoisotopic (exact) mass is 407 g/mol. The number of piperidine rings is 1. The first-order chi connectivity index (χ1) is 14.5. The minimum Gasteiger partial charge on any atom is -0.369 e. The number of likely N-dealkylation sites (tertiary alicyclic amines) is 1. The van der Waals surface area contributed by atoms with Gasteiger partial charge in [-0.05, 0) is 49.2 Å². The highest BCUT2D eigenvalue weighted by atomic mass is 19.1. The van der Waals surface area contributed by atoms with E-state index in [1.807, 2.05) is 35.4 Å². The van der Waals surface area contributed by atoms with Crippen LogP contribution < -0.4 is 4.90 Å². The lowest BCUT2D eigenvalue weighted by molar-refractivity contribution is -0.150. The fourth-order valence-corrected chi connectivity index (χ4v) is 4.96. The van der Waals surface area contributed by atoms with Gasteiger partial charge in [-0.15, -0.1) is 0 Å². The van der Waals surface area contributed by atoms with Gasteiger partial charge in [0.15, 0.2) is 6.10 Å². The minimum atomic E-state index is -0.578. The number of aromatic amines is 1. The van der Waals surface area contributed by atoms with Crippen LogP contribution >= 0.6 is 0 Å². The Hall–Kier alpha value is -3.19. The summed E-state index contributed by atoms with van der Waals surface area (Å²) in [4.78, 5) is 32.5. The zero-order valence-electron chi connectivity index (χ0n) is 16.6. The third-order valence-electron chi connectivity index (χ3n) is 6.42. The number of aromatic nitrogens is 1. The number of β-lactam (4-membered cyclic amide) rings is 1. The largest absolute Gasteiger partial charge is 0.369 e. The average molecular weight is 407 g/mol. The van der Waals surface area contributed by atoms with Gasteiger partial charge in [-0.2, -0.15) is 0 Å². The standard InChI is InChI=1S/C23H22FN3O3/c1-30-20-22(29)27(16-5-2-4-15(24)14-16)23(20)9-12-26(13-10-23)21(28)18-6-3-7-19-17(18)8-11-25-19/h2-8,11,14,20,25H,9-10,12-13H2,1H3. The van der Waals surface area contributed by atoms with E-state index in [1.165, 1.54) is 19.2 Å². The first kappa shape index (κ1) is 18.8. The van der Waals surface area contributed by atoms with Crippen LogP contribution in [-0.2, 0) is 9.53 Å². The first-order valence-corrected chi connectivity index (χ1v) is 10.0. The highest BCUT2D eigenvalue weighted by Gasteiger charge is 2.62. The Morgan fingerprint density at radius 1 is 1.17 bits per heavy atom. The van der Waals surface area contributed by atoms with Gasteiger partial charge in [-0.3, -0.25) is 9.59 Å². The maximum Gasteiger partial charge on any atom is 0.259 e. The summed E-state index contributed by atoms with van der Waals surface area (Å²) in [6.45, 7) is 0.997. The van der Waals surface area contributed by atoms with E-state index in [-0.39, 0.29) is 17.6 Å². The lowest BCUT2D eigenvalue weighted by atomic mass is 9.72. The minimum absolute atomic E-state index is 0.0213. The van der Waals surface area contributed by atoms with Gasteiger partial charge in [0.05, 0.1) is 5.54 Å². The Morgan fingerprint density at radius 3 is 2.67 bits per heavy atom. The van der Waals surface area contributed by atoms with Crippen molar-refractivity contribution in [1.82, 2.24) is 9.88 Å². The molecule has 154 valence electrons. The molecule has 0 radical (unpaired) electrons. The summed E-state index contributed by atoms with van der Waals surface area (Å²) in [5, 5.41) is 0.901. The van der Waals surface area contributed by atoms with Gasteiger partial charge in [0, 0.05) is 48.5 Å². The van der Waals surface area contributed by atoms with Crippen molar-refractivity contribution in [3.63, 3.8) is 0 Å². The van der Waals surface area contributed by atoms with Crippen molar-refractivity contribution in [3.05, 3.63) is 66.1 Å². The van der Waals surface area contributed by atoms with Gasteiger partial charge in [0.25, 0.3) is 11.8 Å². The molecular formula is C23H22FN3O3. The smallest absolute Gasteiger partial charge is 0.259 e. The topological polar surface area (TPSA) is 65.6 Å². The Morgan fingerprint density at radius 2 is 1.93 bits per heavy atom. The van der Waals surface area contributed by atoms with E-state index in [9.17, 15) is 14.0 Å². The molecule has 2 saturated heterocycles. The van der Waals surface area contributed by atoms with Gasteiger partial charge in [0.1, 0.15) is 5.82 Å². The van der Waals surface area contributed by atoms with E-state index < -0.39 is 11.6 Å². The van der Waals surface area contributed by atoms with Gasteiger partial charge in [-0.25, -0.2) is 4.39 Å². The Labute approximate surface area is 173 Å². The van der Waals surface area contributed by atoms with Gasteiger partial charge in [-0.1, -0.05) is 12.1 Å². The van der Waals surface area contributed by atoms with E-state index in [2.05, 4.69) is 4.98 Å². The van der Waals surface area contributed by atoms with Crippen LogP contribution in [-0.4, -0.2) is 53.5 Å². The van der Waals surface area contributed by atoms with Gasteiger partial charge in [0.2, 0.25) is 0 Å². The number of hydrogen-bond acceptors (Lipinski definition) is 3. The highest BCUT2D eigenvalue weighted by molar-refractivity contribution is 6.08. The number of carbonyl (C=O) groups excluding carboxylic acids is 2. The molecular weight excluding hydrogens is 385 g/mol. The second-order valence-electron chi connectivity index (χ2n) is 7.91. The number of rotatable bonds is 3. The fourth-order valence-electron chi connectivity index (χ4n) is 4.96. The van der Waals surface area contributed by atoms with Crippen LogP contribution in [0.1, 0.15) is 23.2 Å². The predicted octanol–water partition coefficient (Wildman–Crippen LogP) is 3.34. The average Bonchev–Trinajstić information content (AvgIpc) is 3.23. The number of H-pyrrole nitrogens is 1. The van der Waals surface area contributed by atoms with Crippen molar-refractivity contribution < 1.29 is 18.7 Å². The van der Waals surface area contributed by atoms with E-state index in [0.29, 0.717) is 37.2 Å². The molecule has 2 fully saturated rings. The van der Waals surface area contributed by atoms with Gasteiger partial charge < -0.3 is 19.5 Å². The summed E-state index contributed by atoms with van der Waals surface area (Å²) in [6, 6.07) is 13.6. The molecule has 1 spiro atoms. The number of hydrogen-bond donors (Lipinski definition) is 1. The third kappa shape index (κ3) is 2.65. The molecule has 2 aliphatic rings. The van der Waals surface area contributed by atoms with Crippen molar-refractivity contribution >= 4 is 28.4 Å². The molecule has 1 unspecified atom stereocenters. The van der Waals surface area contributed by atoms with Crippen molar-refractivity contribution in [1.29, 1.82) is 0 Å². The predicted molar refractivity (Wildman–Crippen MR) is 111 cm³/mol. The number of benzene rings is 2. The van der Waals surface area contributed by atoms with Crippen molar-refractivity contribution in [2.45, 2.75) is 24.5 Å². The van der Waals surface area contributed by atoms with Crippen molar-refractivity contribution in [2.75, 3.05) is 25.1 Å². The van der Waals surface area contributed by atoms with E-state index in [4.69, 9.17) is 4.74 Å². The number of halogens is 1. The van der Waals surface area contributed by atoms with Crippen LogP contribution in [0.15, 0.2) is 54.7 Å². The zero-order valence-corrected chi connectivity index (χ0v) is 16.6. The molecule has 30 heavy (non-hydrogen) atoms. The number of nitrogens with zero attached hydrogens (tertiary/aromatic N) is 2. The second kappa shape index (κ2) is 6.95. The summed E-state index contributed by atoms with van der Waals surface area (Å²) in [5.41, 5.74) is 1.57. The van der Waals surface area contributed by atoms with Crippen LogP contribution in [0.2, 0.25) is 0 Å². The fraction of sp³-hybridized carbons (Fsp3) is 0.304.